The molecule has 0 aliphatic carbocycles. The number of alkyl halides is 1. The van der Waals surface area contributed by atoms with Crippen molar-refractivity contribution in [3.8, 4) is 0 Å². The van der Waals surface area contributed by atoms with Gasteiger partial charge in [-0.2, -0.15) is 0 Å². The molecule has 1 unspecified atom stereocenters. The summed E-state index contributed by atoms with van der Waals surface area (Å²) in [6, 6.07) is 3.96. The summed E-state index contributed by atoms with van der Waals surface area (Å²) in [6.45, 7) is 1.90. The number of rotatable bonds is 3. The van der Waals surface area contributed by atoms with Gasteiger partial charge < -0.3 is 4.42 Å². The number of pyridine rings is 1. The Morgan fingerprint density at radius 3 is 2.67 bits per heavy atom. The summed E-state index contributed by atoms with van der Waals surface area (Å²) in [4.78, 5) is 8.24. The highest BCUT2D eigenvalue weighted by molar-refractivity contribution is 9.09. The van der Waals surface area contributed by atoms with E-state index in [1.165, 1.54) is 0 Å². The highest BCUT2D eigenvalue weighted by atomic mass is 79.9. The van der Waals surface area contributed by atoms with E-state index in [0.29, 0.717) is 0 Å². The molecule has 0 N–H and O–H groups in total. The fraction of sp³-hybridized carbons (Fsp3) is 0.273. The van der Waals surface area contributed by atoms with E-state index in [0.717, 1.165) is 22.5 Å². The second-order valence-electron chi connectivity index (χ2n) is 3.30. The molecule has 0 amide bonds. The van der Waals surface area contributed by atoms with Gasteiger partial charge in [-0.05, 0) is 24.6 Å². The van der Waals surface area contributed by atoms with Gasteiger partial charge >= 0.3 is 0 Å². The van der Waals surface area contributed by atoms with Crippen molar-refractivity contribution in [2.75, 3.05) is 5.33 Å². The first-order chi connectivity index (χ1) is 7.31. The second kappa shape index (κ2) is 4.57. The third kappa shape index (κ3) is 2.26. The Hall–Kier alpha value is -1.16. The Labute approximate surface area is 96.7 Å². The molecule has 1 atom stereocenters. The van der Waals surface area contributed by atoms with E-state index in [-0.39, 0.29) is 5.92 Å². The number of aromatic nitrogens is 2. The number of oxazole rings is 1. The Morgan fingerprint density at radius 2 is 2.13 bits per heavy atom. The van der Waals surface area contributed by atoms with Gasteiger partial charge in [-0.3, -0.25) is 4.98 Å². The van der Waals surface area contributed by atoms with E-state index in [1.807, 2.05) is 19.1 Å². The van der Waals surface area contributed by atoms with Gasteiger partial charge in [-0.1, -0.05) is 15.9 Å². The molecule has 2 heterocycles. The van der Waals surface area contributed by atoms with Crippen molar-refractivity contribution in [3.63, 3.8) is 0 Å². The highest BCUT2D eigenvalue weighted by Gasteiger charge is 2.17. The molecule has 78 valence electrons. The van der Waals surface area contributed by atoms with Crippen LogP contribution in [-0.4, -0.2) is 15.3 Å². The molecule has 0 radical (unpaired) electrons. The zero-order valence-electron chi connectivity index (χ0n) is 8.35. The Kier molecular flexibility index (Phi) is 3.16. The van der Waals surface area contributed by atoms with Crippen LogP contribution in [0.4, 0.5) is 0 Å². The Bertz CT molecular complexity index is 427. The molecule has 0 saturated carbocycles. The van der Waals surface area contributed by atoms with Crippen LogP contribution in [0.5, 0.6) is 0 Å². The van der Waals surface area contributed by atoms with Crippen molar-refractivity contribution in [1.29, 1.82) is 0 Å². The third-order valence-electron chi connectivity index (χ3n) is 2.20. The predicted octanol–water partition coefficient (Wildman–Crippen LogP) is 2.90. The van der Waals surface area contributed by atoms with Crippen LogP contribution in [0.3, 0.4) is 0 Å². The first-order valence-electron chi connectivity index (χ1n) is 4.69. The fourth-order valence-corrected chi connectivity index (χ4v) is 2.08. The highest BCUT2D eigenvalue weighted by Crippen LogP contribution is 2.25. The van der Waals surface area contributed by atoms with E-state index >= 15 is 0 Å². The molecule has 0 aromatic carbocycles. The summed E-state index contributed by atoms with van der Waals surface area (Å²) in [5.74, 6) is 1.74. The molecule has 0 aliphatic rings. The van der Waals surface area contributed by atoms with Crippen LogP contribution in [0.15, 0.2) is 35.1 Å². The maximum atomic E-state index is 5.53. The molecule has 0 aliphatic heterocycles. The zero-order valence-corrected chi connectivity index (χ0v) is 9.94. The van der Waals surface area contributed by atoms with Gasteiger partial charge in [0.1, 0.15) is 5.76 Å². The quantitative estimate of drug-likeness (QED) is 0.802. The molecule has 15 heavy (non-hydrogen) atoms. The monoisotopic (exact) mass is 266 g/mol. The van der Waals surface area contributed by atoms with Gasteiger partial charge in [0.05, 0.1) is 12.1 Å². The number of aryl methyl sites for hydroxylation is 1. The van der Waals surface area contributed by atoms with Crippen LogP contribution in [-0.2, 0) is 0 Å². The van der Waals surface area contributed by atoms with Crippen molar-refractivity contribution in [3.05, 3.63) is 47.9 Å². The minimum Gasteiger partial charge on any atom is -0.445 e. The Morgan fingerprint density at radius 1 is 1.40 bits per heavy atom. The lowest BCUT2D eigenvalue weighted by Crippen LogP contribution is -2.02. The summed E-state index contributed by atoms with van der Waals surface area (Å²) in [7, 11) is 0. The maximum absolute atomic E-state index is 5.53. The molecule has 0 saturated heterocycles. The SMILES string of the molecule is Cc1cnc(C(CBr)c2ccncc2)o1. The van der Waals surface area contributed by atoms with Gasteiger partial charge in [-0.25, -0.2) is 4.98 Å². The molecule has 0 bridgehead atoms. The molecular formula is C11H11BrN2O. The molecule has 2 rings (SSSR count). The molecule has 4 heteroatoms. The van der Waals surface area contributed by atoms with Crippen molar-refractivity contribution >= 4 is 15.9 Å². The number of nitrogens with zero attached hydrogens (tertiary/aromatic N) is 2. The van der Waals surface area contributed by atoms with E-state index in [4.69, 9.17) is 4.42 Å². The predicted molar refractivity (Wildman–Crippen MR) is 61.1 cm³/mol. The van der Waals surface area contributed by atoms with E-state index in [1.54, 1.807) is 18.6 Å². The number of halogens is 1. The van der Waals surface area contributed by atoms with Crippen molar-refractivity contribution in [2.45, 2.75) is 12.8 Å². The third-order valence-corrected chi connectivity index (χ3v) is 2.85. The van der Waals surface area contributed by atoms with Crippen molar-refractivity contribution in [2.24, 2.45) is 0 Å². The largest absolute Gasteiger partial charge is 0.445 e. The van der Waals surface area contributed by atoms with Crippen molar-refractivity contribution in [1.82, 2.24) is 9.97 Å². The average Bonchev–Trinajstić information content (AvgIpc) is 2.68. The lowest BCUT2D eigenvalue weighted by Gasteiger charge is -2.09. The van der Waals surface area contributed by atoms with Crippen molar-refractivity contribution < 1.29 is 4.42 Å². The van der Waals surface area contributed by atoms with Gasteiger partial charge in [0.15, 0.2) is 0 Å². The number of hydrogen-bond acceptors (Lipinski definition) is 3. The molecular weight excluding hydrogens is 256 g/mol. The van der Waals surface area contributed by atoms with Crippen LogP contribution in [0.2, 0.25) is 0 Å². The Balaban J connectivity index is 2.33. The van der Waals surface area contributed by atoms with Crippen LogP contribution < -0.4 is 0 Å². The average molecular weight is 267 g/mol. The fourth-order valence-electron chi connectivity index (χ4n) is 1.43. The zero-order chi connectivity index (χ0) is 10.7. The van der Waals surface area contributed by atoms with Crippen LogP contribution in [0.25, 0.3) is 0 Å². The van der Waals surface area contributed by atoms with Crippen LogP contribution in [0, 0.1) is 6.92 Å². The molecule has 3 nitrogen and oxygen atoms in total. The molecule has 2 aromatic heterocycles. The van der Waals surface area contributed by atoms with Crippen LogP contribution in [0.1, 0.15) is 23.1 Å². The van der Waals surface area contributed by atoms with Gasteiger partial charge in [-0.15, -0.1) is 0 Å². The summed E-state index contributed by atoms with van der Waals surface area (Å²) in [5, 5.41) is 0.789. The molecule has 0 spiro atoms. The smallest absolute Gasteiger partial charge is 0.202 e. The van der Waals surface area contributed by atoms with Gasteiger partial charge in [0.25, 0.3) is 0 Å². The lowest BCUT2D eigenvalue weighted by atomic mass is 10.0. The van der Waals surface area contributed by atoms with E-state index in [2.05, 4.69) is 25.9 Å². The maximum Gasteiger partial charge on any atom is 0.202 e. The standard InChI is InChI=1S/C11H11BrN2O/c1-8-7-14-11(15-8)10(6-12)9-2-4-13-5-3-9/h2-5,7,10H,6H2,1H3. The first kappa shape index (κ1) is 10.4. The van der Waals surface area contributed by atoms with E-state index in [9.17, 15) is 0 Å². The number of hydrogen-bond donors (Lipinski definition) is 0. The summed E-state index contributed by atoms with van der Waals surface area (Å²) < 4.78 is 5.53. The topological polar surface area (TPSA) is 38.9 Å². The summed E-state index contributed by atoms with van der Waals surface area (Å²) in [6.07, 6.45) is 5.30. The summed E-state index contributed by atoms with van der Waals surface area (Å²) >= 11 is 3.48. The minimum atomic E-state index is 0.154. The second-order valence-corrected chi connectivity index (χ2v) is 3.94. The minimum absolute atomic E-state index is 0.154. The normalized spacial score (nSPS) is 12.7. The molecule has 0 fully saturated rings. The van der Waals surface area contributed by atoms with Gasteiger partial charge in [0.2, 0.25) is 5.89 Å². The van der Waals surface area contributed by atoms with Gasteiger partial charge in [0, 0.05) is 17.7 Å². The lowest BCUT2D eigenvalue weighted by molar-refractivity contribution is 0.460. The van der Waals surface area contributed by atoms with E-state index < -0.39 is 0 Å². The van der Waals surface area contributed by atoms with Crippen LogP contribution >= 0.6 is 15.9 Å². The molecule has 2 aromatic rings. The first-order valence-corrected chi connectivity index (χ1v) is 5.81. The summed E-state index contributed by atoms with van der Waals surface area (Å²) in [5.41, 5.74) is 1.16.